The predicted molar refractivity (Wildman–Crippen MR) is 68.0 cm³/mol. The molecule has 19 heavy (non-hydrogen) atoms. The first-order chi connectivity index (χ1) is 9.16. The number of rotatable bonds is 4. The van der Waals surface area contributed by atoms with Crippen LogP contribution in [0.15, 0.2) is 24.4 Å². The third-order valence-electron chi connectivity index (χ3n) is 3.18. The summed E-state index contributed by atoms with van der Waals surface area (Å²) in [5.74, 6) is -0.141. The topological polar surface area (TPSA) is 43.6 Å². The number of halogens is 1. The van der Waals surface area contributed by atoms with E-state index in [9.17, 15) is 9.18 Å². The van der Waals surface area contributed by atoms with Crippen LogP contribution in [0, 0.1) is 0 Å². The summed E-state index contributed by atoms with van der Waals surface area (Å²) in [5.41, 5.74) is 1.99. The first-order valence-corrected chi connectivity index (χ1v) is 6.45. The van der Waals surface area contributed by atoms with E-state index < -0.39 is 12.1 Å². The van der Waals surface area contributed by atoms with Crippen molar-refractivity contribution in [2.24, 2.45) is 0 Å². The van der Waals surface area contributed by atoms with Gasteiger partial charge in [0, 0.05) is 12.1 Å². The quantitative estimate of drug-likeness (QED) is 0.796. The number of hydrogen-bond acceptors (Lipinski definition) is 3. The zero-order chi connectivity index (χ0) is 13.4. The van der Waals surface area contributed by atoms with Gasteiger partial charge in [0.25, 0.3) is 0 Å². The van der Waals surface area contributed by atoms with E-state index in [4.69, 9.17) is 4.74 Å². The van der Waals surface area contributed by atoms with Crippen molar-refractivity contribution in [2.75, 3.05) is 6.61 Å². The number of alkyl halides is 1. The van der Waals surface area contributed by atoms with Gasteiger partial charge in [-0.1, -0.05) is 6.07 Å². The normalized spacial score (nSPS) is 16.5. The molecular weight excluding hydrogens is 247 g/mol. The standard InChI is InChI=1S/C14H15FN2O2/c1-9(15)8-19-14(18)12-11-4-2-3-7-17(11)16-13(12)10-5-6-10/h2-4,7,9-10H,5-6,8H2,1H3. The minimum Gasteiger partial charge on any atom is -0.459 e. The molecular formula is C14H15FN2O2. The number of aromatic nitrogens is 2. The van der Waals surface area contributed by atoms with Crippen molar-refractivity contribution in [1.82, 2.24) is 9.61 Å². The summed E-state index contributed by atoms with van der Waals surface area (Å²) in [6.07, 6.45) is 2.73. The maximum Gasteiger partial charge on any atom is 0.342 e. The van der Waals surface area contributed by atoms with Crippen molar-refractivity contribution in [3.05, 3.63) is 35.7 Å². The molecule has 5 heteroatoms. The van der Waals surface area contributed by atoms with Crippen molar-refractivity contribution >= 4 is 11.5 Å². The van der Waals surface area contributed by atoms with Crippen LogP contribution in [0.3, 0.4) is 0 Å². The molecule has 1 fully saturated rings. The molecule has 0 bridgehead atoms. The van der Waals surface area contributed by atoms with Gasteiger partial charge in [0.2, 0.25) is 0 Å². The van der Waals surface area contributed by atoms with Crippen LogP contribution in [0.5, 0.6) is 0 Å². The van der Waals surface area contributed by atoms with Gasteiger partial charge in [0.1, 0.15) is 18.3 Å². The Bertz CT molecular complexity index is 617. The Morgan fingerprint density at radius 2 is 2.37 bits per heavy atom. The van der Waals surface area contributed by atoms with Crippen molar-refractivity contribution in [2.45, 2.75) is 31.9 Å². The number of ether oxygens (including phenoxy) is 1. The second-order valence-electron chi connectivity index (χ2n) is 4.94. The van der Waals surface area contributed by atoms with Crippen LogP contribution in [0.25, 0.3) is 5.52 Å². The van der Waals surface area contributed by atoms with E-state index in [2.05, 4.69) is 5.10 Å². The Morgan fingerprint density at radius 3 is 3.05 bits per heavy atom. The number of hydrogen-bond donors (Lipinski definition) is 0. The third kappa shape index (κ3) is 2.32. The second kappa shape index (κ2) is 4.64. The SMILES string of the molecule is CC(F)COC(=O)c1c(C2CC2)nn2ccccc12. The van der Waals surface area contributed by atoms with Gasteiger partial charge in [-0.05, 0) is 31.9 Å². The minimum absolute atomic E-state index is 0.215. The fourth-order valence-electron chi connectivity index (χ4n) is 2.13. The Kier molecular flexibility index (Phi) is 2.97. The molecule has 3 rings (SSSR count). The molecule has 0 aromatic carbocycles. The summed E-state index contributed by atoms with van der Waals surface area (Å²) in [5, 5.41) is 4.44. The number of carbonyl (C=O) groups is 1. The molecule has 2 heterocycles. The summed E-state index contributed by atoms with van der Waals surface area (Å²) in [7, 11) is 0. The van der Waals surface area contributed by atoms with E-state index in [1.807, 2.05) is 18.2 Å². The van der Waals surface area contributed by atoms with Crippen LogP contribution >= 0.6 is 0 Å². The predicted octanol–water partition coefficient (Wildman–Crippen LogP) is 2.73. The van der Waals surface area contributed by atoms with Gasteiger partial charge in [-0.3, -0.25) is 0 Å². The molecule has 0 saturated heterocycles. The lowest BCUT2D eigenvalue weighted by Crippen LogP contribution is -2.13. The summed E-state index contributed by atoms with van der Waals surface area (Å²) in [6, 6.07) is 5.53. The summed E-state index contributed by atoms with van der Waals surface area (Å²) >= 11 is 0. The highest BCUT2D eigenvalue weighted by Gasteiger charge is 2.33. The van der Waals surface area contributed by atoms with E-state index >= 15 is 0 Å². The van der Waals surface area contributed by atoms with Gasteiger partial charge < -0.3 is 4.74 Å². The fourth-order valence-corrected chi connectivity index (χ4v) is 2.13. The van der Waals surface area contributed by atoms with Crippen molar-refractivity contribution < 1.29 is 13.9 Å². The summed E-state index contributed by atoms with van der Waals surface area (Å²) in [4.78, 5) is 12.1. The molecule has 0 aliphatic heterocycles. The van der Waals surface area contributed by atoms with E-state index in [0.29, 0.717) is 11.5 Å². The molecule has 1 aliphatic rings. The Labute approximate surface area is 110 Å². The molecule has 0 amide bonds. The van der Waals surface area contributed by atoms with Gasteiger partial charge >= 0.3 is 5.97 Å². The molecule has 1 atom stereocenters. The van der Waals surface area contributed by atoms with Gasteiger partial charge in [0.15, 0.2) is 0 Å². The molecule has 4 nitrogen and oxygen atoms in total. The van der Waals surface area contributed by atoms with Crippen LogP contribution in [0.4, 0.5) is 4.39 Å². The summed E-state index contributed by atoms with van der Waals surface area (Å²) < 4.78 is 19.5. The lowest BCUT2D eigenvalue weighted by atomic mass is 10.1. The Morgan fingerprint density at radius 1 is 1.58 bits per heavy atom. The first kappa shape index (κ1) is 12.1. The van der Waals surface area contributed by atoms with Crippen LogP contribution in [-0.2, 0) is 4.74 Å². The van der Waals surface area contributed by atoms with E-state index in [1.54, 1.807) is 10.7 Å². The largest absolute Gasteiger partial charge is 0.459 e. The van der Waals surface area contributed by atoms with E-state index in [1.165, 1.54) is 6.92 Å². The lowest BCUT2D eigenvalue weighted by Gasteiger charge is -2.05. The van der Waals surface area contributed by atoms with Crippen molar-refractivity contribution in [3.8, 4) is 0 Å². The van der Waals surface area contributed by atoms with Gasteiger partial charge in [-0.15, -0.1) is 0 Å². The molecule has 0 N–H and O–H groups in total. The first-order valence-electron chi connectivity index (χ1n) is 6.45. The minimum atomic E-state index is -1.16. The average molecular weight is 262 g/mol. The van der Waals surface area contributed by atoms with Crippen LogP contribution in [0.1, 0.15) is 41.7 Å². The molecule has 0 spiro atoms. The van der Waals surface area contributed by atoms with Crippen LogP contribution in [-0.4, -0.2) is 28.4 Å². The smallest absolute Gasteiger partial charge is 0.342 e. The lowest BCUT2D eigenvalue weighted by molar-refractivity contribution is 0.0417. The number of carbonyl (C=O) groups excluding carboxylic acids is 1. The molecule has 2 aromatic heterocycles. The molecule has 1 aliphatic carbocycles. The van der Waals surface area contributed by atoms with Crippen molar-refractivity contribution in [3.63, 3.8) is 0 Å². The zero-order valence-electron chi connectivity index (χ0n) is 10.7. The molecule has 100 valence electrons. The second-order valence-corrected chi connectivity index (χ2v) is 4.94. The molecule has 0 radical (unpaired) electrons. The van der Waals surface area contributed by atoms with Gasteiger partial charge in [0.05, 0.1) is 11.2 Å². The number of nitrogens with zero attached hydrogens (tertiary/aromatic N) is 2. The van der Waals surface area contributed by atoms with Gasteiger partial charge in [-0.2, -0.15) is 5.10 Å². The third-order valence-corrected chi connectivity index (χ3v) is 3.18. The maximum absolute atomic E-state index is 12.8. The number of pyridine rings is 1. The summed E-state index contributed by atoms with van der Waals surface area (Å²) in [6.45, 7) is 1.15. The monoisotopic (exact) mass is 262 g/mol. The molecule has 1 unspecified atom stereocenters. The average Bonchev–Trinajstić information content (AvgIpc) is 3.16. The highest BCUT2D eigenvalue weighted by atomic mass is 19.1. The molecule has 1 saturated carbocycles. The van der Waals surface area contributed by atoms with Gasteiger partial charge in [-0.25, -0.2) is 13.7 Å². The highest BCUT2D eigenvalue weighted by molar-refractivity contribution is 5.98. The van der Waals surface area contributed by atoms with E-state index in [-0.39, 0.29) is 6.61 Å². The maximum atomic E-state index is 12.8. The Balaban J connectivity index is 1.99. The van der Waals surface area contributed by atoms with Crippen LogP contribution < -0.4 is 0 Å². The number of fused-ring (bicyclic) bond motifs is 1. The Hall–Kier alpha value is -1.91. The van der Waals surface area contributed by atoms with Crippen molar-refractivity contribution in [1.29, 1.82) is 0 Å². The fraction of sp³-hybridized carbons (Fsp3) is 0.429. The van der Waals surface area contributed by atoms with E-state index in [0.717, 1.165) is 24.1 Å². The molecule has 2 aromatic rings. The number of esters is 1. The highest BCUT2D eigenvalue weighted by Crippen LogP contribution is 2.41. The zero-order valence-corrected chi connectivity index (χ0v) is 10.7. The van der Waals surface area contributed by atoms with Crippen LogP contribution in [0.2, 0.25) is 0 Å².